The first-order valence-corrected chi connectivity index (χ1v) is 7.48. The van der Waals surface area contributed by atoms with Gasteiger partial charge in [0, 0.05) is 16.5 Å². The summed E-state index contributed by atoms with van der Waals surface area (Å²) in [6, 6.07) is 16.4. The van der Waals surface area contributed by atoms with Crippen LogP contribution in [0.15, 0.2) is 52.9 Å². The van der Waals surface area contributed by atoms with E-state index in [1.165, 1.54) is 23.8 Å². The molecule has 1 heterocycles. The molecule has 0 amide bonds. The molecule has 2 nitrogen and oxygen atoms in total. The van der Waals surface area contributed by atoms with Gasteiger partial charge in [0.2, 0.25) is 0 Å². The summed E-state index contributed by atoms with van der Waals surface area (Å²) in [6.07, 6.45) is 3.41. The van der Waals surface area contributed by atoms with Crippen LogP contribution in [0.5, 0.6) is 5.75 Å². The maximum Gasteiger partial charge on any atom is 0.138 e. The van der Waals surface area contributed by atoms with Crippen LogP contribution < -0.4 is 4.74 Å². The number of unbranched alkanes of at least 4 members (excludes halogenated alkanes) is 1. The number of aryl methyl sites for hydroxylation is 1. The van der Waals surface area contributed by atoms with Crippen LogP contribution in [0, 0.1) is 0 Å². The molecule has 2 aromatic carbocycles. The van der Waals surface area contributed by atoms with Gasteiger partial charge in [0.15, 0.2) is 0 Å². The van der Waals surface area contributed by atoms with Crippen molar-refractivity contribution in [3.8, 4) is 17.1 Å². The first-order chi connectivity index (χ1) is 10.3. The van der Waals surface area contributed by atoms with E-state index < -0.39 is 0 Å². The molecular formula is C19H20O2. The van der Waals surface area contributed by atoms with Gasteiger partial charge in [-0.2, -0.15) is 0 Å². The van der Waals surface area contributed by atoms with E-state index in [1.54, 1.807) is 7.11 Å². The second-order valence-corrected chi connectivity index (χ2v) is 5.24. The van der Waals surface area contributed by atoms with E-state index in [2.05, 4.69) is 31.2 Å². The lowest BCUT2D eigenvalue weighted by molar-refractivity contribution is 0.415. The predicted molar refractivity (Wildman–Crippen MR) is 86.8 cm³/mol. The summed E-state index contributed by atoms with van der Waals surface area (Å²) >= 11 is 0. The topological polar surface area (TPSA) is 22.4 Å². The average molecular weight is 280 g/mol. The van der Waals surface area contributed by atoms with E-state index >= 15 is 0 Å². The lowest BCUT2D eigenvalue weighted by Crippen LogP contribution is -1.87. The Morgan fingerprint density at radius 2 is 1.76 bits per heavy atom. The zero-order chi connectivity index (χ0) is 14.7. The highest BCUT2D eigenvalue weighted by Gasteiger charge is 2.15. The van der Waals surface area contributed by atoms with E-state index in [0.29, 0.717) is 0 Å². The molecule has 0 fully saturated rings. The smallest absolute Gasteiger partial charge is 0.138 e. The SMILES string of the molecule is CCCCc1c(-c2ccc(OC)cc2)oc2ccccc12. The van der Waals surface area contributed by atoms with Crippen LogP contribution in [0.3, 0.4) is 0 Å². The van der Waals surface area contributed by atoms with Crippen molar-refractivity contribution in [2.24, 2.45) is 0 Å². The number of fused-ring (bicyclic) bond motifs is 1. The van der Waals surface area contributed by atoms with Gasteiger partial charge in [0.05, 0.1) is 7.11 Å². The molecule has 0 aliphatic heterocycles. The first-order valence-electron chi connectivity index (χ1n) is 7.48. The average Bonchev–Trinajstić information content (AvgIpc) is 2.91. The van der Waals surface area contributed by atoms with Crippen LogP contribution >= 0.6 is 0 Å². The fourth-order valence-electron chi connectivity index (χ4n) is 2.68. The summed E-state index contributed by atoms with van der Waals surface area (Å²) in [4.78, 5) is 0. The number of furan rings is 1. The summed E-state index contributed by atoms with van der Waals surface area (Å²) in [7, 11) is 1.68. The molecule has 3 aromatic rings. The van der Waals surface area contributed by atoms with Gasteiger partial charge >= 0.3 is 0 Å². The molecule has 0 N–H and O–H groups in total. The summed E-state index contributed by atoms with van der Waals surface area (Å²) in [5.74, 6) is 1.86. The summed E-state index contributed by atoms with van der Waals surface area (Å²) in [5, 5.41) is 1.23. The zero-order valence-electron chi connectivity index (χ0n) is 12.6. The third-order valence-corrected chi connectivity index (χ3v) is 3.83. The van der Waals surface area contributed by atoms with E-state index in [4.69, 9.17) is 9.15 Å². The second-order valence-electron chi connectivity index (χ2n) is 5.24. The minimum atomic E-state index is 0.866. The van der Waals surface area contributed by atoms with E-state index in [9.17, 15) is 0 Å². The van der Waals surface area contributed by atoms with Gasteiger partial charge in [-0.1, -0.05) is 31.5 Å². The van der Waals surface area contributed by atoms with Crippen molar-refractivity contribution in [2.45, 2.75) is 26.2 Å². The van der Waals surface area contributed by atoms with Crippen molar-refractivity contribution < 1.29 is 9.15 Å². The molecule has 21 heavy (non-hydrogen) atoms. The monoisotopic (exact) mass is 280 g/mol. The highest BCUT2D eigenvalue weighted by atomic mass is 16.5. The van der Waals surface area contributed by atoms with E-state index in [0.717, 1.165) is 29.1 Å². The molecule has 0 aliphatic rings. The van der Waals surface area contributed by atoms with E-state index in [1.807, 2.05) is 24.3 Å². The van der Waals surface area contributed by atoms with Gasteiger partial charge in [0.25, 0.3) is 0 Å². The maximum absolute atomic E-state index is 6.11. The van der Waals surface area contributed by atoms with Crippen LogP contribution in [-0.4, -0.2) is 7.11 Å². The van der Waals surface area contributed by atoms with Crippen LogP contribution in [0.1, 0.15) is 25.3 Å². The lowest BCUT2D eigenvalue weighted by atomic mass is 10.0. The molecule has 3 rings (SSSR count). The van der Waals surface area contributed by atoms with Crippen molar-refractivity contribution in [3.63, 3.8) is 0 Å². The third-order valence-electron chi connectivity index (χ3n) is 3.83. The Morgan fingerprint density at radius 1 is 1.00 bits per heavy atom. The van der Waals surface area contributed by atoms with Crippen LogP contribution in [-0.2, 0) is 6.42 Å². The minimum absolute atomic E-state index is 0.866. The van der Waals surface area contributed by atoms with Gasteiger partial charge in [-0.25, -0.2) is 0 Å². The Kier molecular flexibility index (Phi) is 3.96. The third kappa shape index (κ3) is 2.66. The number of ether oxygens (including phenoxy) is 1. The van der Waals surface area contributed by atoms with Crippen molar-refractivity contribution in [2.75, 3.05) is 7.11 Å². The quantitative estimate of drug-likeness (QED) is 0.620. The molecule has 0 bridgehead atoms. The van der Waals surface area contributed by atoms with Crippen molar-refractivity contribution >= 4 is 11.0 Å². The molecule has 0 saturated carbocycles. The minimum Gasteiger partial charge on any atom is -0.497 e. The molecule has 108 valence electrons. The Morgan fingerprint density at radius 3 is 2.48 bits per heavy atom. The number of methoxy groups -OCH3 is 1. The molecule has 2 heteroatoms. The molecule has 0 saturated heterocycles. The zero-order valence-corrected chi connectivity index (χ0v) is 12.6. The maximum atomic E-state index is 6.11. The largest absolute Gasteiger partial charge is 0.497 e. The summed E-state index contributed by atoms with van der Waals surface area (Å²) < 4.78 is 11.3. The van der Waals surface area contributed by atoms with Crippen LogP contribution in [0.2, 0.25) is 0 Å². The number of rotatable bonds is 5. The van der Waals surface area contributed by atoms with Gasteiger partial charge in [-0.15, -0.1) is 0 Å². The molecule has 0 radical (unpaired) electrons. The lowest BCUT2D eigenvalue weighted by Gasteiger charge is -2.04. The van der Waals surface area contributed by atoms with E-state index in [-0.39, 0.29) is 0 Å². The number of para-hydroxylation sites is 1. The Bertz CT molecular complexity index is 723. The number of hydrogen-bond acceptors (Lipinski definition) is 2. The van der Waals surface area contributed by atoms with Gasteiger partial charge in [-0.3, -0.25) is 0 Å². The van der Waals surface area contributed by atoms with Gasteiger partial charge in [-0.05, 0) is 43.2 Å². The fourth-order valence-corrected chi connectivity index (χ4v) is 2.68. The number of benzene rings is 2. The summed E-state index contributed by atoms with van der Waals surface area (Å²) in [6.45, 7) is 2.22. The fraction of sp³-hybridized carbons (Fsp3) is 0.263. The molecule has 1 aromatic heterocycles. The highest BCUT2D eigenvalue weighted by Crippen LogP contribution is 2.35. The normalized spacial score (nSPS) is 11.0. The standard InChI is InChI=1S/C19H20O2/c1-3-4-7-17-16-8-5-6-9-18(16)21-19(17)14-10-12-15(20-2)13-11-14/h5-6,8-13H,3-4,7H2,1-2H3. The molecular weight excluding hydrogens is 260 g/mol. The molecule has 0 aliphatic carbocycles. The summed E-state index contributed by atoms with van der Waals surface area (Å²) in [5.41, 5.74) is 3.39. The van der Waals surface area contributed by atoms with Crippen molar-refractivity contribution in [1.29, 1.82) is 0 Å². The Balaban J connectivity index is 2.10. The van der Waals surface area contributed by atoms with Gasteiger partial charge in [0.1, 0.15) is 17.1 Å². The van der Waals surface area contributed by atoms with Crippen LogP contribution in [0.25, 0.3) is 22.3 Å². The Hall–Kier alpha value is -2.22. The molecule has 0 spiro atoms. The van der Waals surface area contributed by atoms with Crippen molar-refractivity contribution in [3.05, 3.63) is 54.1 Å². The second kappa shape index (κ2) is 6.04. The predicted octanol–water partition coefficient (Wildman–Crippen LogP) is 5.45. The first kappa shape index (κ1) is 13.7. The molecule has 0 unspecified atom stereocenters. The highest BCUT2D eigenvalue weighted by molar-refractivity contribution is 5.88. The Labute approximate surface area is 125 Å². The van der Waals surface area contributed by atoms with Gasteiger partial charge < -0.3 is 9.15 Å². The van der Waals surface area contributed by atoms with Crippen molar-refractivity contribution in [1.82, 2.24) is 0 Å². The van der Waals surface area contributed by atoms with Crippen LogP contribution in [0.4, 0.5) is 0 Å². The number of hydrogen-bond donors (Lipinski definition) is 0. The molecule has 0 atom stereocenters.